The van der Waals surface area contributed by atoms with Crippen molar-refractivity contribution < 1.29 is 13.2 Å². The molecule has 31 heavy (non-hydrogen) atoms. The molecular formula is C24H21ClN2O3S. The molecule has 0 radical (unpaired) electrons. The number of rotatable bonds is 5. The maximum absolute atomic E-state index is 13.5. The third-order valence-corrected chi connectivity index (χ3v) is 7.22. The molecular weight excluding hydrogens is 432 g/mol. The third kappa shape index (κ3) is 4.09. The number of sulfonamides is 1. The van der Waals surface area contributed by atoms with E-state index in [4.69, 9.17) is 11.6 Å². The molecule has 0 fully saturated rings. The number of aryl methyl sites for hydroxylation is 1. The van der Waals surface area contributed by atoms with E-state index in [9.17, 15) is 13.2 Å². The van der Waals surface area contributed by atoms with E-state index in [1.54, 1.807) is 48.5 Å². The van der Waals surface area contributed by atoms with Gasteiger partial charge in [0.25, 0.3) is 10.0 Å². The Balaban J connectivity index is 1.78. The number of carbonyl (C=O) groups is 1. The second-order valence-corrected chi connectivity index (χ2v) is 9.42. The van der Waals surface area contributed by atoms with E-state index in [0.29, 0.717) is 16.3 Å². The Morgan fingerprint density at radius 1 is 0.968 bits per heavy atom. The van der Waals surface area contributed by atoms with Gasteiger partial charge in [-0.05, 0) is 47.9 Å². The number of carbonyl (C=O) groups excluding carboxylic acids is 1. The first kappa shape index (κ1) is 21.2. The van der Waals surface area contributed by atoms with Crippen LogP contribution in [0.3, 0.4) is 0 Å². The second-order valence-electron chi connectivity index (χ2n) is 7.15. The van der Waals surface area contributed by atoms with E-state index in [-0.39, 0.29) is 11.4 Å². The summed E-state index contributed by atoms with van der Waals surface area (Å²) < 4.78 is 28.3. The fourth-order valence-electron chi connectivity index (χ4n) is 3.56. The van der Waals surface area contributed by atoms with Crippen molar-refractivity contribution in [1.29, 1.82) is 0 Å². The number of allylic oxidation sites excluding steroid dienone is 1. The highest BCUT2D eigenvalue weighted by Crippen LogP contribution is 2.36. The van der Waals surface area contributed by atoms with Gasteiger partial charge in [0.05, 0.1) is 12.2 Å². The monoisotopic (exact) mass is 452 g/mol. The van der Waals surface area contributed by atoms with Gasteiger partial charge in [0.2, 0.25) is 5.78 Å². The molecule has 3 aromatic rings. The molecule has 0 atom stereocenters. The van der Waals surface area contributed by atoms with Crippen molar-refractivity contribution in [3.05, 3.63) is 106 Å². The molecule has 3 aromatic carbocycles. The van der Waals surface area contributed by atoms with Crippen molar-refractivity contribution in [3.63, 3.8) is 0 Å². The first-order chi connectivity index (χ1) is 14.9. The number of para-hydroxylation sites is 2. The van der Waals surface area contributed by atoms with E-state index in [0.717, 1.165) is 23.2 Å². The number of nitrogens with one attached hydrogen (secondary N) is 1. The molecule has 1 aliphatic heterocycles. The van der Waals surface area contributed by atoms with Crippen LogP contribution in [0.2, 0.25) is 5.02 Å². The fourth-order valence-corrected chi connectivity index (χ4v) is 5.21. The number of halogens is 1. The van der Waals surface area contributed by atoms with Crippen LogP contribution in [0.4, 0.5) is 11.4 Å². The predicted molar refractivity (Wildman–Crippen MR) is 125 cm³/mol. The van der Waals surface area contributed by atoms with Crippen molar-refractivity contribution in [1.82, 2.24) is 0 Å². The summed E-state index contributed by atoms with van der Waals surface area (Å²) in [5, 5.41) is 3.61. The van der Waals surface area contributed by atoms with Crippen LogP contribution in [0.5, 0.6) is 0 Å². The highest BCUT2D eigenvalue weighted by molar-refractivity contribution is 7.97. The zero-order valence-corrected chi connectivity index (χ0v) is 18.5. The number of benzene rings is 3. The van der Waals surface area contributed by atoms with E-state index >= 15 is 0 Å². The Morgan fingerprint density at radius 2 is 1.65 bits per heavy atom. The fraction of sp³-hybridized carbons (Fsp3) is 0.125. The Labute approximate surface area is 187 Å². The van der Waals surface area contributed by atoms with Crippen LogP contribution >= 0.6 is 11.6 Å². The van der Waals surface area contributed by atoms with Gasteiger partial charge in [-0.3, -0.25) is 9.10 Å². The smallest absolute Gasteiger partial charge is 0.270 e. The van der Waals surface area contributed by atoms with Crippen molar-refractivity contribution in [2.45, 2.75) is 19.9 Å². The molecule has 5 nitrogen and oxygen atoms in total. The maximum Gasteiger partial charge on any atom is 0.270 e. The molecule has 1 aliphatic rings. The van der Waals surface area contributed by atoms with E-state index in [1.807, 2.05) is 31.2 Å². The van der Waals surface area contributed by atoms with Gasteiger partial charge in [-0.2, -0.15) is 0 Å². The molecule has 0 spiro atoms. The number of nitrogens with zero attached hydrogens (tertiary/aromatic N) is 1. The van der Waals surface area contributed by atoms with E-state index < -0.39 is 15.8 Å². The summed E-state index contributed by atoms with van der Waals surface area (Å²) in [5.41, 5.74) is 3.28. The summed E-state index contributed by atoms with van der Waals surface area (Å²) in [6.07, 6.45) is 2.08. The number of Topliss-reactive ketones (excluding diaryl/α,β-unsaturated/α-hetero) is 1. The minimum Gasteiger partial charge on any atom is -0.360 e. The molecule has 7 heteroatoms. The zero-order chi connectivity index (χ0) is 22.0. The lowest BCUT2D eigenvalue weighted by molar-refractivity contribution is 0.104. The predicted octanol–water partition coefficient (Wildman–Crippen LogP) is 5.39. The zero-order valence-electron chi connectivity index (χ0n) is 16.9. The van der Waals surface area contributed by atoms with Crippen molar-refractivity contribution >= 4 is 38.8 Å². The number of fused-ring (bicyclic) bond motifs is 1. The van der Waals surface area contributed by atoms with Crippen LogP contribution in [0.1, 0.15) is 28.4 Å². The van der Waals surface area contributed by atoms with Gasteiger partial charge in [0, 0.05) is 22.5 Å². The molecule has 4 rings (SSSR count). The normalized spacial score (nSPS) is 16.3. The molecule has 0 bridgehead atoms. The van der Waals surface area contributed by atoms with Gasteiger partial charge in [-0.15, -0.1) is 0 Å². The van der Waals surface area contributed by atoms with Crippen LogP contribution in [-0.2, 0) is 23.0 Å². The summed E-state index contributed by atoms with van der Waals surface area (Å²) in [6, 6.07) is 21.3. The average molecular weight is 453 g/mol. The molecule has 1 heterocycles. The Morgan fingerprint density at radius 3 is 2.39 bits per heavy atom. The largest absolute Gasteiger partial charge is 0.360 e. The highest BCUT2D eigenvalue weighted by Gasteiger charge is 2.40. The molecule has 0 saturated heterocycles. The molecule has 0 amide bonds. The minimum atomic E-state index is -4.08. The quantitative estimate of drug-likeness (QED) is 0.527. The van der Waals surface area contributed by atoms with Crippen LogP contribution in [0, 0.1) is 0 Å². The summed E-state index contributed by atoms with van der Waals surface area (Å²) >= 11 is 5.96. The summed E-state index contributed by atoms with van der Waals surface area (Å²) in [6.45, 7) is 2.10. The first-order valence-corrected chi connectivity index (χ1v) is 11.7. The van der Waals surface area contributed by atoms with E-state index in [1.165, 1.54) is 10.5 Å². The number of hydrogen-bond donors (Lipinski definition) is 1. The topological polar surface area (TPSA) is 66.5 Å². The SMILES string of the molecule is CCc1ccccc1N/C=C1\C(=O)c2ccccc2N(Cc2ccc(Cl)cc2)S1(=O)=O. The Hall–Kier alpha value is -3.09. The van der Waals surface area contributed by atoms with Gasteiger partial charge in [-0.25, -0.2) is 8.42 Å². The summed E-state index contributed by atoms with van der Waals surface area (Å²) in [4.78, 5) is 12.8. The van der Waals surface area contributed by atoms with Crippen molar-refractivity contribution in [2.24, 2.45) is 0 Å². The third-order valence-electron chi connectivity index (χ3n) is 5.21. The van der Waals surface area contributed by atoms with Crippen molar-refractivity contribution in [3.8, 4) is 0 Å². The molecule has 158 valence electrons. The molecule has 0 aromatic heterocycles. The second kappa shape index (κ2) is 8.57. The molecule has 0 saturated carbocycles. The average Bonchev–Trinajstić information content (AvgIpc) is 2.78. The van der Waals surface area contributed by atoms with Gasteiger partial charge in [0.15, 0.2) is 4.91 Å². The van der Waals surface area contributed by atoms with Gasteiger partial charge >= 0.3 is 0 Å². The highest BCUT2D eigenvalue weighted by atomic mass is 35.5. The minimum absolute atomic E-state index is 0.0900. The van der Waals surface area contributed by atoms with E-state index in [2.05, 4.69) is 5.32 Å². The lowest BCUT2D eigenvalue weighted by atomic mass is 10.1. The number of hydrogen-bond acceptors (Lipinski definition) is 4. The van der Waals surface area contributed by atoms with Gasteiger partial charge in [0.1, 0.15) is 0 Å². The Kier molecular flexibility index (Phi) is 5.85. The molecule has 0 unspecified atom stereocenters. The molecule has 1 N–H and O–H groups in total. The van der Waals surface area contributed by atoms with Crippen molar-refractivity contribution in [2.75, 3.05) is 9.62 Å². The summed E-state index contributed by atoms with van der Waals surface area (Å²) in [7, 11) is -4.08. The lowest BCUT2D eigenvalue weighted by Crippen LogP contribution is -2.39. The lowest BCUT2D eigenvalue weighted by Gasteiger charge is -2.31. The Bertz CT molecular complexity index is 1270. The number of ketones is 1. The number of anilines is 2. The van der Waals surface area contributed by atoms with Crippen LogP contribution < -0.4 is 9.62 Å². The van der Waals surface area contributed by atoms with Gasteiger partial charge in [-0.1, -0.05) is 61.0 Å². The van der Waals surface area contributed by atoms with Crippen LogP contribution in [0.25, 0.3) is 0 Å². The van der Waals surface area contributed by atoms with Gasteiger partial charge < -0.3 is 5.32 Å². The van der Waals surface area contributed by atoms with Crippen LogP contribution in [0.15, 0.2) is 83.9 Å². The standard InChI is InChI=1S/C24H21ClN2O3S/c1-2-18-7-3-5-9-21(18)26-15-23-24(28)20-8-4-6-10-22(20)27(31(23,29)30)16-17-11-13-19(25)14-12-17/h3-15,26H,2,16H2,1H3/b23-15+. The molecule has 0 aliphatic carbocycles. The maximum atomic E-state index is 13.5. The first-order valence-electron chi connectivity index (χ1n) is 9.87. The summed E-state index contributed by atoms with van der Waals surface area (Å²) in [5.74, 6) is -0.524. The van der Waals surface area contributed by atoms with Crippen LogP contribution in [-0.4, -0.2) is 14.2 Å².